The maximum absolute atomic E-state index is 12.2. The highest BCUT2D eigenvalue weighted by Crippen LogP contribution is 2.27. The summed E-state index contributed by atoms with van der Waals surface area (Å²) >= 11 is 11.9. The molecule has 0 aliphatic heterocycles. The Morgan fingerprint density at radius 2 is 2.04 bits per heavy atom. The molecule has 25 heavy (non-hydrogen) atoms. The number of hydrogen-bond donors (Lipinski definition) is 0. The van der Waals surface area contributed by atoms with Crippen LogP contribution in [0.4, 0.5) is 0 Å². The Hall–Kier alpha value is -2.24. The number of benzene rings is 2. The van der Waals surface area contributed by atoms with Crippen LogP contribution in [-0.2, 0) is 11.5 Å². The lowest BCUT2D eigenvalue weighted by Crippen LogP contribution is -2.30. The van der Waals surface area contributed by atoms with Crippen LogP contribution < -0.4 is 4.74 Å². The maximum Gasteiger partial charge on any atom is 0.227 e. The van der Waals surface area contributed by atoms with Gasteiger partial charge in [0.1, 0.15) is 12.4 Å². The van der Waals surface area contributed by atoms with Crippen molar-refractivity contribution in [1.29, 1.82) is 0 Å². The summed E-state index contributed by atoms with van der Waals surface area (Å²) in [5.74, 6) is 0.476. The van der Waals surface area contributed by atoms with Gasteiger partial charge in [-0.15, -0.1) is 0 Å². The third kappa shape index (κ3) is 4.44. The molecule has 0 spiro atoms. The zero-order valence-electron chi connectivity index (χ0n) is 13.7. The molecule has 0 unspecified atom stereocenters. The van der Waals surface area contributed by atoms with Gasteiger partial charge in [0, 0.05) is 23.7 Å². The Morgan fingerprint density at radius 1 is 1.24 bits per heavy atom. The molecule has 1 heterocycles. The van der Waals surface area contributed by atoms with Crippen molar-refractivity contribution in [2.45, 2.75) is 13.1 Å². The Balaban J connectivity index is 1.52. The standard InChI is InChI=1S/C18H17Cl2N3O2/c1-22(12-23-11-13-4-2-3-5-16(13)21-23)18(24)8-9-25-17-7-6-14(19)10-15(17)20/h2-7,10-11H,8-9,12H2,1H3. The fourth-order valence-electron chi connectivity index (χ4n) is 2.42. The molecule has 2 aromatic carbocycles. The van der Waals surface area contributed by atoms with E-state index in [1.54, 1.807) is 34.8 Å². The summed E-state index contributed by atoms with van der Waals surface area (Å²) in [6.45, 7) is 0.626. The van der Waals surface area contributed by atoms with E-state index in [1.807, 2.05) is 30.5 Å². The fourth-order valence-corrected chi connectivity index (χ4v) is 2.88. The van der Waals surface area contributed by atoms with Crippen LogP contribution >= 0.6 is 23.2 Å². The van der Waals surface area contributed by atoms with Gasteiger partial charge in [-0.2, -0.15) is 5.10 Å². The average molecular weight is 378 g/mol. The summed E-state index contributed by atoms with van der Waals surface area (Å²) in [7, 11) is 1.74. The second-order valence-electron chi connectivity index (χ2n) is 5.63. The van der Waals surface area contributed by atoms with Gasteiger partial charge < -0.3 is 9.64 Å². The molecule has 0 aliphatic carbocycles. The average Bonchev–Trinajstić information content (AvgIpc) is 2.98. The first-order valence-corrected chi connectivity index (χ1v) is 8.52. The predicted octanol–water partition coefficient (Wildman–Crippen LogP) is 4.23. The zero-order chi connectivity index (χ0) is 17.8. The van der Waals surface area contributed by atoms with E-state index >= 15 is 0 Å². The first kappa shape index (κ1) is 17.6. The lowest BCUT2D eigenvalue weighted by atomic mass is 10.3. The number of carbonyl (C=O) groups is 1. The first-order chi connectivity index (χ1) is 12.0. The van der Waals surface area contributed by atoms with Crippen LogP contribution in [0, 0.1) is 0 Å². The van der Waals surface area contributed by atoms with Crippen molar-refractivity contribution in [2.75, 3.05) is 13.7 Å². The van der Waals surface area contributed by atoms with Gasteiger partial charge in [0.15, 0.2) is 0 Å². The third-order valence-electron chi connectivity index (χ3n) is 3.71. The molecule has 0 bridgehead atoms. The molecule has 3 rings (SSSR count). The number of nitrogens with zero attached hydrogens (tertiary/aromatic N) is 3. The van der Waals surface area contributed by atoms with Gasteiger partial charge in [-0.25, -0.2) is 0 Å². The molecule has 130 valence electrons. The van der Waals surface area contributed by atoms with Crippen molar-refractivity contribution in [3.8, 4) is 5.75 Å². The largest absolute Gasteiger partial charge is 0.491 e. The number of hydrogen-bond acceptors (Lipinski definition) is 3. The van der Waals surface area contributed by atoms with Crippen LogP contribution in [0.3, 0.4) is 0 Å². The van der Waals surface area contributed by atoms with Crippen LogP contribution in [-0.4, -0.2) is 34.2 Å². The highest BCUT2D eigenvalue weighted by molar-refractivity contribution is 6.35. The molecular formula is C18H17Cl2N3O2. The van der Waals surface area contributed by atoms with Crippen molar-refractivity contribution in [3.05, 3.63) is 58.7 Å². The van der Waals surface area contributed by atoms with E-state index in [-0.39, 0.29) is 18.9 Å². The molecule has 1 amide bonds. The van der Waals surface area contributed by atoms with Gasteiger partial charge in [0.2, 0.25) is 5.91 Å². The Labute approximate surface area is 155 Å². The van der Waals surface area contributed by atoms with E-state index in [0.29, 0.717) is 22.5 Å². The summed E-state index contributed by atoms with van der Waals surface area (Å²) in [5, 5.41) is 6.46. The smallest absolute Gasteiger partial charge is 0.227 e. The van der Waals surface area contributed by atoms with Gasteiger partial charge in [-0.05, 0) is 24.3 Å². The Kier molecular flexibility index (Phi) is 5.46. The molecule has 7 heteroatoms. The van der Waals surface area contributed by atoms with Crippen LogP contribution in [0.1, 0.15) is 6.42 Å². The number of ether oxygens (including phenoxy) is 1. The van der Waals surface area contributed by atoms with Crippen LogP contribution in [0.2, 0.25) is 10.0 Å². The monoisotopic (exact) mass is 377 g/mol. The number of fused-ring (bicyclic) bond motifs is 1. The molecule has 0 saturated heterocycles. The predicted molar refractivity (Wildman–Crippen MR) is 99.1 cm³/mol. The summed E-state index contributed by atoms with van der Waals surface area (Å²) in [6, 6.07) is 12.8. The van der Waals surface area contributed by atoms with Crippen LogP contribution in [0.25, 0.3) is 10.9 Å². The van der Waals surface area contributed by atoms with Crippen LogP contribution in [0.5, 0.6) is 5.75 Å². The second kappa shape index (κ2) is 7.76. The number of carbonyl (C=O) groups excluding carboxylic acids is 1. The normalized spacial score (nSPS) is 10.8. The lowest BCUT2D eigenvalue weighted by Gasteiger charge is -2.17. The minimum absolute atomic E-state index is 0.0374. The minimum atomic E-state index is -0.0374. The second-order valence-corrected chi connectivity index (χ2v) is 6.48. The van der Waals surface area contributed by atoms with Crippen molar-refractivity contribution < 1.29 is 9.53 Å². The van der Waals surface area contributed by atoms with E-state index in [9.17, 15) is 4.79 Å². The van der Waals surface area contributed by atoms with E-state index in [4.69, 9.17) is 27.9 Å². The van der Waals surface area contributed by atoms with Crippen molar-refractivity contribution in [2.24, 2.45) is 0 Å². The topological polar surface area (TPSA) is 47.4 Å². The highest BCUT2D eigenvalue weighted by atomic mass is 35.5. The molecule has 0 radical (unpaired) electrons. The van der Waals surface area contributed by atoms with Crippen molar-refractivity contribution in [1.82, 2.24) is 14.7 Å². The summed E-state index contributed by atoms with van der Waals surface area (Å²) < 4.78 is 7.30. The van der Waals surface area contributed by atoms with E-state index < -0.39 is 0 Å². The number of aromatic nitrogens is 2. The Bertz CT molecular complexity index is 862. The molecule has 0 aliphatic rings. The quantitative estimate of drug-likeness (QED) is 0.645. The van der Waals surface area contributed by atoms with Gasteiger partial charge in [-0.1, -0.05) is 41.4 Å². The summed E-state index contributed by atoms with van der Waals surface area (Å²) in [4.78, 5) is 13.9. The molecule has 0 fully saturated rings. The summed E-state index contributed by atoms with van der Waals surface area (Å²) in [5.41, 5.74) is 0.907. The third-order valence-corrected chi connectivity index (χ3v) is 4.24. The SMILES string of the molecule is CN(Cn1cc2ccccc2n1)C(=O)CCOc1ccc(Cl)cc1Cl. The highest BCUT2D eigenvalue weighted by Gasteiger charge is 2.11. The van der Waals surface area contributed by atoms with Crippen molar-refractivity contribution >= 4 is 40.0 Å². The first-order valence-electron chi connectivity index (χ1n) is 7.77. The van der Waals surface area contributed by atoms with Gasteiger partial charge in [0.05, 0.1) is 23.6 Å². The molecule has 0 saturated carbocycles. The van der Waals surface area contributed by atoms with E-state index in [2.05, 4.69) is 5.10 Å². The molecular weight excluding hydrogens is 361 g/mol. The zero-order valence-corrected chi connectivity index (χ0v) is 15.2. The minimum Gasteiger partial charge on any atom is -0.491 e. The molecule has 0 N–H and O–H groups in total. The maximum atomic E-state index is 12.2. The number of rotatable bonds is 6. The van der Waals surface area contributed by atoms with E-state index in [0.717, 1.165) is 10.9 Å². The van der Waals surface area contributed by atoms with Crippen molar-refractivity contribution in [3.63, 3.8) is 0 Å². The van der Waals surface area contributed by atoms with Gasteiger partial charge in [-0.3, -0.25) is 9.48 Å². The summed E-state index contributed by atoms with van der Waals surface area (Å²) in [6.07, 6.45) is 2.17. The molecule has 0 atom stereocenters. The van der Waals surface area contributed by atoms with E-state index in [1.165, 1.54) is 0 Å². The van der Waals surface area contributed by atoms with Gasteiger partial charge >= 0.3 is 0 Å². The van der Waals surface area contributed by atoms with Gasteiger partial charge in [0.25, 0.3) is 0 Å². The van der Waals surface area contributed by atoms with Crippen LogP contribution in [0.15, 0.2) is 48.7 Å². The molecule has 5 nitrogen and oxygen atoms in total. The fraction of sp³-hybridized carbons (Fsp3) is 0.222. The molecule has 3 aromatic rings. The number of amides is 1. The number of halogens is 2. The molecule has 1 aromatic heterocycles. The Morgan fingerprint density at radius 3 is 2.80 bits per heavy atom. The lowest BCUT2D eigenvalue weighted by molar-refractivity contribution is -0.132.